The van der Waals surface area contributed by atoms with E-state index in [-0.39, 0.29) is 37.7 Å². The standard InChI is InChI=1S/C5H13NO3S2.Ca.2H/c7-11(8,9)6-10-4-2-1-3-5-10;;;/h6,10H,1-5H2,(H,7,8,9);;;. The molecule has 0 saturated carbocycles. The van der Waals surface area contributed by atoms with E-state index >= 15 is 0 Å². The molecule has 0 amide bonds. The van der Waals surface area contributed by atoms with Crippen LogP contribution < -0.4 is 4.13 Å². The van der Waals surface area contributed by atoms with E-state index in [9.17, 15) is 8.42 Å². The first kappa shape index (κ1) is 13.5. The van der Waals surface area contributed by atoms with Gasteiger partial charge in [0, 0.05) is 0 Å². The molecule has 1 aliphatic heterocycles. The molecule has 0 atom stereocenters. The Bertz CT molecular complexity index is 213. The molecule has 4 nitrogen and oxygen atoms in total. The number of hydrogen-bond acceptors (Lipinski definition) is 2. The average molecular weight is 241 g/mol. The van der Waals surface area contributed by atoms with Gasteiger partial charge < -0.3 is 0 Å². The normalized spacial score (nSPS) is 21.6. The van der Waals surface area contributed by atoms with Crippen LogP contribution in [0.3, 0.4) is 0 Å². The molecule has 1 fully saturated rings. The van der Waals surface area contributed by atoms with E-state index in [4.69, 9.17) is 4.55 Å². The van der Waals surface area contributed by atoms with Crippen molar-refractivity contribution in [3.63, 3.8) is 0 Å². The molecule has 0 aromatic heterocycles. The Labute approximate surface area is 106 Å². The van der Waals surface area contributed by atoms with E-state index < -0.39 is 21.4 Å². The Morgan fingerprint density at radius 1 is 1.17 bits per heavy atom. The van der Waals surface area contributed by atoms with Crippen molar-refractivity contribution in [1.82, 2.24) is 4.13 Å². The van der Waals surface area contributed by atoms with Crippen molar-refractivity contribution in [2.75, 3.05) is 11.5 Å². The molecule has 0 unspecified atom stereocenters. The van der Waals surface area contributed by atoms with Crippen molar-refractivity contribution < 1.29 is 13.0 Å². The minimum absolute atomic E-state index is 0. The molecule has 72 valence electrons. The number of hydrogen-bond donors (Lipinski definition) is 3. The summed E-state index contributed by atoms with van der Waals surface area (Å²) in [5.41, 5.74) is 0. The number of nitrogens with one attached hydrogen (secondary N) is 1. The van der Waals surface area contributed by atoms with Crippen LogP contribution in [-0.2, 0) is 10.3 Å². The fourth-order valence-electron chi connectivity index (χ4n) is 1.15. The predicted molar refractivity (Wildman–Crippen MR) is 55.8 cm³/mol. The van der Waals surface area contributed by atoms with Crippen molar-refractivity contribution in [3.8, 4) is 0 Å². The van der Waals surface area contributed by atoms with Crippen molar-refractivity contribution in [1.29, 1.82) is 0 Å². The van der Waals surface area contributed by atoms with Crippen LogP contribution in [-0.4, -0.2) is 62.2 Å². The summed E-state index contributed by atoms with van der Waals surface area (Å²) in [5.74, 6) is 1.82. The van der Waals surface area contributed by atoms with Gasteiger partial charge in [0.1, 0.15) is 0 Å². The first-order valence-corrected chi connectivity index (χ1v) is 6.73. The van der Waals surface area contributed by atoms with Crippen LogP contribution in [0.5, 0.6) is 0 Å². The summed E-state index contributed by atoms with van der Waals surface area (Å²) < 4.78 is 31.4. The van der Waals surface area contributed by atoms with Gasteiger partial charge in [-0.3, -0.25) is 4.55 Å². The number of thiol groups is 1. The third kappa shape index (κ3) is 6.01. The molecule has 0 aromatic rings. The molecule has 0 radical (unpaired) electrons. The fourth-order valence-corrected chi connectivity index (χ4v) is 4.62. The van der Waals surface area contributed by atoms with Crippen LogP contribution in [0.1, 0.15) is 19.3 Å². The summed E-state index contributed by atoms with van der Waals surface area (Å²) >= 11 is -0.648. The van der Waals surface area contributed by atoms with Gasteiger partial charge in [-0.1, -0.05) is 6.42 Å². The molecule has 7 heteroatoms. The van der Waals surface area contributed by atoms with Gasteiger partial charge in [-0.15, -0.1) is 0 Å². The summed E-state index contributed by atoms with van der Waals surface area (Å²) in [7, 11) is -3.94. The molecule has 2 N–H and O–H groups in total. The maximum absolute atomic E-state index is 10.4. The Morgan fingerprint density at radius 3 is 2.08 bits per heavy atom. The summed E-state index contributed by atoms with van der Waals surface area (Å²) in [4.78, 5) is 0. The molecule has 1 saturated heterocycles. The van der Waals surface area contributed by atoms with Gasteiger partial charge in [0.25, 0.3) is 0 Å². The molecule has 0 bridgehead atoms. The molecular formula is C5H15CaNO3S2. The summed E-state index contributed by atoms with van der Waals surface area (Å²) in [6, 6.07) is 0. The minimum atomic E-state index is -3.94. The first-order valence-electron chi connectivity index (χ1n) is 3.58. The van der Waals surface area contributed by atoms with Crippen LogP contribution in [0, 0.1) is 0 Å². The van der Waals surface area contributed by atoms with E-state index in [2.05, 4.69) is 4.13 Å². The second kappa shape index (κ2) is 6.06. The van der Waals surface area contributed by atoms with Gasteiger partial charge in [-0.25, -0.2) is 0 Å². The zero-order valence-electron chi connectivity index (χ0n) is 6.15. The van der Waals surface area contributed by atoms with E-state index in [1.54, 1.807) is 0 Å². The average Bonchev–Trinajstić information content (AvgIpc) is 1.85. The summed E-state index contributed by atoms with van der Waals surface area (Å²) in [6.45, 7) is 0. The van der Waals surface area contributed by atoms with E-state index in [0.29, 0.717) is 0 Å². The first-order chi connectivity index (χ1) is 5.08. The molecule has 0 spiro atoms. The Hall–Kier alpha value is 1.48. The molecular weight excluding hydrogens is 226 g/mol. The number of rotatable bonds is 2. The van der Waals surface area contributed by atoms with Gasteiger partial charge >= 0.3 is 48.0 Å². The predicted octanol–water partition coefficient (Wildman–Crippen LogP) is -0.437. The van der Waals surface area contributed by atoms with Crippen molar-refractivity contribution in [2.45, 2.75) is 19.3 Å². The van der Waals surface area contributed by atoms with Crippen molar-refractivity contribution in [3.05, 3.63) is 0 Å². The third-order valence-corrected chi connectivity index (χ3v) is 5.27. The Kier molecular flexibility index (Phi) is 6.80. The van der Waals surface area contributed by atoms with Gasteiger partial charge in [0.05, 0.1) is 0 Å². The van der Waals surface area contributed by atoms with Crippen molar-refractivity contribution in [2.24, 2.45) is 0 Å². The SMILES string of the molecule is O=S(=O)(O)N[SH]1CCCCC1.[CaH2]. The Balaban J connectivity index is 0.00000121. The maximum atomic E-state index is 10.4. The van der Waals surface area contributed by atoms with Gasteiger partial charge in [0.15, 0.2) is 0 Å². The topological polar surface area (TPSA) is 66.4 Å². The van der Waals surface area contributed by atoms with Crippen LogP contribution in [0.4, 0.5) is 0 Å². The Morgan fingerprint density at radius 2 is 1.67 bits per heavy atom. The summed E-state index contributed by atoms with van der Waals surface area (Å²) in [6.07, 6.45) is 3.34. The quantitative estimate of drug-likeness (QED) is 0.349. The molecule has 0 aliphatic carbocycles. The van der Waals surface area contributed by atoms with Crippen LogP contribution in [0.25, 0.3) is 0 Å². The van der Waals surface area contributed by atoms with Gasteiger partial charge in [-0.2, -0.15) is 23.6 Å². The summed E-state index contributed by atoms with van der Waals surface area (Å²) in [5, 5.41) is 0. The third-order valence-electron chi connectivity index (χ3n) is 1.60. The van der Waals surface area contributed by atoms with Gasteiger partial charge in [0.2, 0.25) is 0 Å². The second-order valence-electron chi connectivity index (χ2n) is 2.61. The zero-order valence-corrected chi connectivity index (χ0v) is 7.87. The molecule has 1 heterocycles. The monoisotopic (exact) mass is 241 g/mol. The molecule has 0 aromatic carbocycles. The fraction of sp³-hybridized carbons (Fsp3) is 1.00. The van der Waals surface area contributed by atoms with Crippen LogP contribution in [0.15, 0.2) is 0 Å². The van der Waals surface area contributed by atoms with E-state index in [1.165, 1.54) is 6.42 Å². The van der Waals surface area contributed by atoms with E-state index in [0.717, 1.165) is 24.3 Å². The van der Waals surface area contributed by atoms with Gasteiger partial charge in [-0.05, 0) is 24.3 Å². The van der Waals surface area contributed by atoms with Crippen LogP contribution in [0.2, 0.25) is 0 Å². The second-order valence-corrected chi connectivity index (χ2v) is 6.27. The molecule has 1 aliphatic rings. The molecule has 12 heavy (non-hydrogen) atoms. The zero-order chi connectivity index (χ0) is 8.32. The van der Waals surface area contributed by atoms with E-state index in [1.807, 2.05) is 0 Å². The van der Waals surface area contributed by atoms with Crippen LogP contribution >= 0.6 is 11.1 Å². The molecule has 1 rings (SSSR count). The van der Waals surface area contributed by atoms with Crippen molar-refractivity contribution >= 4 is 59.1 Å².